The first kappa shape index (κ1) is 22.3. The Morgan fingerprint density at radius 2 is 1.92 bits per heavy atom. The highest BCUT2D eigenvalue weighted by Gasteiger charge is 2.26. The zero-order valence-electron chi connectivity index (χ0n) is 16.7. The molecule has 0 aliphatic heterocycles. The van der Waals surface area contributed by atoms with Crippen molar-refractivity contribution in [3.63, 3.8) is 0 Å². The molecule has 26 heavy (non-hydrogen) atoms. The van der Waals surface area contributed by atoms with E-state index in [-0.39, 0.29) is 33.8 Å². The largest absolute Gasteiger partial charge is 0.383 e. The number of unbranched alkanes of at least 4 members (excludes halogenated alkanes) is 1. The van der Waals surface area contributed by atoms with E-state index in [4.69, 9.17) is 5.73 Å². The van der Waals surface area contributed by atoms with E-state index < -0.39 is 11.2 Å². The SMILES string of the molecule is CCCCn1c(N)c(N(CC(C)C)C(=O)CSC(C)(C)C)c(=O)[nH]c1=O. The summed E-state index contributed by atoms with van der Waals surface area (Å²) in [4.78, 5) is 41.2. The molecule has 1 aromatic heterocycles. The van der Waals surface area contributed by atoms with Gasteiger partial charge in [-0.15, -0.1) is 11.8 Å². The van der Waals surface area contributed by atoms with Gasteiger partial charge in [-0.05, 0) is 12.3 Å². The zero-order chi connectivity index (χ0) is 20.1. The topological polar surface area (TPSA) is 101 Å². The van der Waals surface area contributed by atoms with Crippen LogP contribution in [0.5, 0.6) is 0 Å². The highest BCUT2D eigenvalue weighted by molar-refractivity contribution is 8.01. The molecule has 1 amide bonds. The van der Waals surface area contributed by atoms with Crippen LogP contribution in [0.3, 0.4) is 0 Å². The maximum atomic E-state index is 12.8. The standard InChI is InChI=1S/C18H32N4O3S/c1-7-8-9-21-15(19)14(16(24)20-17(21)25)22(10-12(2)3)13(23)11-26-18(4,5)6/h12H,7-11,19H2,1-6H3,(H,20,24,25). The van der Waals surface area contributed by atoms with Crippen LogP contribution in [0.25, 0.3) is 0 Å². The van der Waals surface area contributed by atoms with E-state index in [0.717, 1.165) is 12.8 Å². The Bertz CT molecular complexity index is 731. The number of nitrogens with zero attached hydrogens (tertiary/aromatic N) is 2. The van der Waals surface area contributed by atoms with E-state index in [0.29, 0.717) is 13.1 Å². The Labute approximate surface area is 159 Å². The highest BCUT2D eigenvalue weighted by atomic mass is 32.2. The van der Waals surface area contributed by atoms with Crippen LogP contribution in [-0.2, 0) is 11.3 Å². The summed E-state index contributed by atoms with van der Waals surface area (Å²) >= 11 is 1.51. The number of carbonyl (C=O) groups is 1. The number of aromatic nitrogens is 2. The van der Waals surface area contributed by atoms with E-state index in [1.54, 1.807) is 0 Å². The third-order valence-corrected chi connectivity index (χ3v) is 4.95. The van der Waals surface area contributed by atoms with Crippen molar-refractivity contribution in [3.05, 3.63) is 20.8 Å². The van der Waals surface area contributed by atoms with Crippen LogP contribution in [-0.4, -0.2) is 32.5 Å². The lowest BCUT2D eigenvalue weighted by Crippen LogP contribution is -2.43. The van der Waals surface area contributed by atoms with Crippen molar-refractivity contribution in [2.24, 2.45) is 5.92 Å². The van der Waals surface area contributed by atoms with Gasteiger partial charge in [0.25, 0.3) is 5.56 Å². The molecule has 0 saturated heterocycles. The third-order valence-electron chi connectivity index (χ3n) is 3.70. The number of amides is 1. The Morgan fingerprint density at radius 1 is 1.31 bits per heavy atom. The molecule has 0 atom stereocenters. The smallest absolute Gasteiger partial charge is 0.330 e. The number of nitrogen functional groups attached to an aromatic ring is 1. The first-order valence-corrected chi connectivity index (χ1v) is 10.0. The molecule has 0 aromatic carbocycles. The van der Waals surface area contributed by atoms with Crippen LogP contribution in [0.1, 0.15) is 54.4 Å². The monoisotopic (exact) mass is 384 g/mol. The average molecular weight is 385 g/mol. The summed E-state index contributed by atoms with van der Waals surface area (Å²) in [5.41, 5.74) is 5.09. The maximum Gasteiger partial charge on any atom is 0.330 e. The van der Waals surface area contributed by atoms with Gasteiger partial charge in [0, 0.05) is 17.8 Å². The molecule has 0 fully saturated rings. The Hall–Kier alpha value is -1.70. The summed E-state index contributed by atoms with van der Waals surface area (Å²) in [5, 5.41) is 0. The van der Waals surface area contributed by atoms with E-state index in [9.17, 15) is 14.4 Å². The predicted molar refractivity (Wildman–Crippen MR) is 110 cm³/mol. The number of H-pyrrole nitrogens is 1. The molecule has 7 nitrogen and oxygen atoms in total. The summed E-state index contributed by atoms with van der Waals surface area (Å²) in [5.74, 6) is 0.260. The third kappa shape index (κ3) is 6.23. The summed E-state index contributed by atoms with van der Waals surface area (Å²) in [6.45, 7) is 12.8. The first-order valence-electron chi connectivity index (χ1n) is 9.04. The lowest BCUT2D eigenvalue weighted by atomic mass is 10.2. The number of hydrogen-bond donors (Lipinski definition) is 2. The molecular formula is C18H32N4O3S. The molecule has 8 heteroatoms. The van der Waals surface area contributed by atoms with Crippen LogP contribution in [0.2, 0.25) is 0 Å². The number of nitrogens with two attached hydrogens (primary N) is 1. The molecule has 0 unspecified atom stereocenters. The van der Waals surface area contributed by atoms with E-state index in [1.807, 2.05) is 41.5 Å². The van der Waals surface area contributed by atoms with E-state index in [2.05, 4.69) is 4.98 Å². The maximum absolute atomic E-state index is 12.8. The van der Waals surface area contributed by atoms with Crippen molar-refractivity contribution in [2.45, 2.75) is 65.7 Å². The fourth-order valence-electron chi connectivity index (χ4n) is 2.42. The predicted octanol–water partition coefficient (Wildman–Crippen LogP) is 2.44. The second-order valence-corrected chi connectivity index (χ2v) is 9.60. The Morgan fingerprint density at radius 3 is 2.42 bits per heavy atom. The van der Waals surface area contributed by atoms with Crippen molar-refractivity contribution in [2.75, 3.05) is 22.9 Å². The van der Waals surface area contributed by atoms with Crippen LogP contribution in [0.15, 0.2) is 9.59 Å². The van der Waals surface area contributed by atoms with Crippen molar-refractivity contribution in [3.8, 4) is 0 Å². The number of aromatic amines is 1. The Balaban J connectivity index is 3.35. The normalized spacial score (nSPS) is 11.8. The van der Waals surface area contributed by atoms with Gasteiger partial charge >= 0.3 is 5.69 Å². The number of carbonyl (C=O) groups excluding carboxylic acids is 1. The molecule has 0 saturated carbocycles. The number of anilines is 2. The van der Waals surface area contributed by atoms with Crippen LogP contribution >= 0.6 is 11.8 Å². The summed E-state index contributed by atoms with van der Waals surface area (Å²) in [6.07, 6.45) is 1.64. The fraction of sp³-hybridized carbons (Fsp3) is 0.722. The Kier molecular flexibility index (Phi) is 7.99. The summed E-state index contributed by atoms with van der Waals surface area (Å²) < 4.78 is 1.27. The van der Waals surface area contributed by atoms with Gasteiger partial charge in [0.2, 0.25) is 5.91 Å². The molecule has 3 N–H and O–H groups in total. The van der Waals surface area contributed by atoms with Crippen molar-refractivity contribution in [1.29, 1.82) is 0 Å². The number of nitrogens with one attached hydrogen (secondary N) is 1. The van der Waals surface area contributed by atoms with Gasteiger partial charge < -0.3 is 10.6 Å². The molecular weight excluding hydrogens is 352 g/mol. The minimum absolute atomic E-state index is 0.0574. The molecule has 1 heterocycles. The summed E-state index contributed by atoms with van der Waals surface area (Å²) in [7, 11) is 0. The van der Waals surface area contributed by atoms with Gasteiger partial charge in [-0.3, -0.25) is 19.1 Å². The molecule has 148 valence electrons. The molecule has 0 radical (unpaired) electrons. The van der Waals surface area contributed by atoms with Crippen LogP contribution in [0, 0.1) is 5.92 Å². The van der Waals surface area contributed by atoms with Gasteiger partial charge in [-0.25, -0.2) is 4.79 Å². The minimum atomic E-state index is -0.616. The highest BCUT2D eigenvalue weighted by Crippen LogP contribution is 2.25. The molecule has 1 rings (SSSR count). The molecule has 0 aliphatic rings. The summed E-state index contributed by atoms with van der Waals surface area (Å²) in [6, 6.07) is 0. The molecule has 0 spiro atoms. The average Bonchev–Trinajstić information content (AvgIpc) is 2.50. The van der Waals surface area contributed by atoms with Gasteiger partial charge in [0.05, 0.1) is 5.75 Å². The van der Waals surface area contributed by atoms with E-state index >= 15 is 0 Å². The van der Waals surface area contributed by atoms with Crippen molar-refractivity contribution < 1.29 is 4.79 Å². The van der Waals surface area contributed by atoms with Crippen molar-refractivity contribution in [1.82, 2.24) is 9.55 Å². The fourth-order valence-corrected chi connectivity index (χ4v) is 3.13. The lowest BCUT2D eigenvalue weighted by molar-refractivity contribution is -0.116. The van der Waals surface area contributed by atoms with Gasteiger partial charge in [0.1, 0.15) is 5.82 Å². The van der Waals surface area contributed by atoms with Crippen molar-refractivity contribution >= 4 is 29.2 Å². The van der Waals surface area contributed by atoms with Gasteiger partial charge in [0.15, 0.2) is 5.69 Å². The quantitative estimate of drug-likeness (QED) is 0.717. The lowest BCUT2D eigenvalue weighted by Gasteiger charge is -2.27. The second-order valence-electron chi connectivity index (χ2n) is 7.80. The minimum Gasteiger partial charge on any atom is -0.383 e. The van der Waals surface area contributed by atoms with Gasteiger partial charge in [-0.1, -0.05) is 48.0 Å². The molecule has 0 bridgehead atoms. The van der Waals surface area contributed by atoms with Gasteiger partial charge in [-0.2, -0.15) is 0 Å². The molecule has 1 aromatic rings. The zero-order valence-corrected chi connectivity index (χ0v) is 17.5. The van der Waals surface area contributed by atoms with Crippen LogP contribution in [0.4, 0.5) is 11.5 Å². The van der Waals surface area contributed by atoms with E-state index in [1.165, 1.54) is 21.2 Å². The first-order chi connectivity index (χ1) is 12.0. The number of thioether (sulfide) groups is 1. The number of rotatable bonds is 8. The second kappa shape index (κ2) is 9.30. The molecule has 0 aliphatic carbocycles. The number of hydrogen-bond acceptors (Lipinski definition) is 5. The van der Waals surface area contributed by atoms with Crippen LogP contribution < -0.4 is 21.9 Å².